The number of carbonyl (C=O) groups is 1. The van der Waals surface area contributed by atoms with Crippen LogP contribution in [0.2, 0.25) is 0 Å². The van der Waals surface area contributed by atoms with Crippen LogP contribution in [0.25, 0.3) is 0 Å². The van der Waals surface area contributed by atoms with E-state index in [0.717, 1.165) is 9.37 Å². The second kappa shape index (κ2) is 6.07. The first kappa shape index (κ1) is 13.9. The van der Waals surface area contributed by atoms with Gasteiger partial charge in [0.2, 0.25) is 11.8 Å². The Morgan fingerprint density at radius 2 is 2.32 bits per heavy atom. The number of carbonyl (C=O) groups excluding carboxylic acids is 1. The van der Waals surface area contributed by atoms with Gasteiger partial charge in [0, 0.05) is 22.0 Å². The molecule has 0 atom stereocenters. The molecule has 0 saturated carbocycles. The van der Waals surface area contributed by atoms with Crippen molar-refractivity contribution in [2.24, 2.45) is 0 Å². The number of aromatic nitrogens is 2. The number of rotatable bonds is 4. The zero-order chi connectivity index (χ0) is 13.8. The Bertz CT molecular complexity index is 602. The molecule has 0 aliphatic rings. The summed E-state index contributed by atoms with van der Waals surface area (Å²) < 4.78 is 5.97. The van der Waals surface area contributed by atoms with Crippen LogP contribution in [0.1, 0.15) is 5.89 Å². The molecule has 1 heterocycles. The van der Waals surface area contributed by atoms with Crippen molar-refractivity contribution in [2.45, 2.75) is 11.8 Å². The Labute approximate surface area is 122 Å². The Hall–Kier alpha value is -1.54. The molecule has 1 aromatic carbocycles. The summed E-state index contributed by atoms with van der Waals surface area (Å²) in [7, 11) is 0. The van der Waals surface area contributed by atoms with Gasteiger partial charge in [0.1, 0.15) is 0 Å². The number of aryl methyl sites for hydroxylation is 1. The van der Waals surface area contributed by atoms with Crippen molar-refractivity contribution in [1.29, 1.82) is 0 Å². The Balaban J connectivity index is 1.91. The molecule has 0 fully saturated rings. The van der Waals surface area contributed by atoms with Crippen LogP contribution >= 0.6 is 27.7 Å². The van der Waals surface area contributed by atoms with E-state index in [2.05, 4.69) is 31.4 Å². The maximum Gasteiger partial charge on any atom is 0.322 e. The molecule has 2 aromatic rings. The Kier molecular flexibility index (Phi) is 4.43. The quantitative estimate of drug-likeness (QED) is 0.654. The lowest BCUT2D eigenvalue weighted by Crippen LogP contribution is -2.14. The fraction of sp³-hybridized carbons (Fsp3) is 0.182. The van der Waals surface area contributed by atoms with Gasteiger partial charge in [-0.3, -0.25) is 10.1 Å². The fourth-order valence-corrected chi connectivity index (χ4v) is 2.60. The molecule has 0 aliphatic heterocycles. The van der Waals surface area contributed by atoms with Crippen LogP contribution in [0.3, 0.4) is 0 Å². The number of amides is 1. The summed E-state index contributed by atoms with van der Waals surface area (Å²) in [6.07, 6.45) is 0. The maximum absolute atomic E-state index is 11.7. The molecule has 0 radical (unpaired) electrons. The van der Waals surface area contributed by atoms with Crippen LogP contribution < -0.4 is 11.1 Å². The number of anilines is 2. The van der Waals surface area contributed by atoms with Gasteiger partial charge in [-0.15, -0.1) is 16.9 Å². The summed E-state index contributed by atoms with van der Waals surface area (Å²) in [5.74, 6) is 0.384. The molecule has 1 aromatic heterocycles. The van der Waals surface area contributed by atoms with Crippen molar-refractivity contribution in [3.8, 4) is 0 Å². The van der Waals surface area contributed by atoms with Gasteiger partial charge in [-0.2, -0.15) is 0 Å². The number of nitrogen functional groups attached to an aromatic ring is 1. The first-order chi connectivity index (χ1) is 9.04. The largest absolute Gasteiger partial charge is 0.408 e. The van der Waals surface area contributed by atoms with E-state index in [-0.39, 0.29) is 17.7 Å². The third kappa shape index (κ3) is 3.97. The normalized spacial score (nSPS) is 10.4. The summed E-state index contributed by atoms with van der Waals surface area (Å²) in [5.41, 5.74) is 6.45. The molecule has 0 aliphatic carbocycles. The molecular weight excluding hydrogens is 332 g/mol. The number of nitrogens with zero attached hydrogens (tertiary/aromatic N) is 2. The van der Waals surface area contributed by atoms with Gasteiger partial charge >= 0.3 is 6.01 Å². The lowest BCUT2D eigenvalue weighted by atomic mass is 10.3. The number of benzene rings is 1. The average Bonchev–Trinajstić information content (AvgIpc) is 2.76. The monoisotopic (exact) mass is 342 g/mol. The maximum atomic E-state index is 11.7. The minimum atomic E-state index is -0.229. The van der Waals surface area contributed by atoms with Crippen molar-refractivity contribution >= 4 is 45.3 Å². The molecule has 100 valence electrons. The molecule has 0 bridgehead atoms. The predicted octanol–water partition coefficient (Wildman–Crippen LogP) is 2.45. The molecular formula is C11H11BrN4O2S. The van der Waals surface area contributed by atoms with Crippen LogP contribution in [0.4, 0.5) is 11.7 Å². The Morgan fingerprint density at radius 3 is 3.00 bits per heavy atom. The van der Waals surface area contributed by atoms with E-state index in [1.165, 1.54) is 11.8 Å². The van der Waals surface area contributed by atoms with Crippen LogP contribution in [0.5, 0.6) is 0 Å². The summed E-state index contributed by atoms with van der Waals surface area (Å²) in [4.78, 5) is 12.5. The first-order valence-corrected chi connectivity index (χ1v) is 7.10. The standard InChI is InChI=1S/C11H11BrN4O2S/c1-6-15-16-11(18-6)14-10(17)5-19-9-4-7(12)2-3-8(9)13/h2-4H,5,13H2,1H3,(H,14,16,17). The Morgan fingerprint density at radius 1 is 1.53 bits per heavy atom. The third-order valence-corrected chi connectivity index (χ3v) is 3.67. The first-order valence-electron chi connectivity index (χ1n) is 5.32. The molecule has 0 unspecified atom stereocenters. The SMILES string of the molecule is Cc1nnc(NC(=O)CSc2cc(Br)ccc2N)o1. The number of nitrogens with one attached hydrogen (secondary N) is 1. The second-order valence-electron chi connectivity index (χ2n) is 3.65. The van der Waals surface area contributed by atoms with Gasteiger partial charge < -0.3 is 10.2 Å². The molecule has 1 amide bonds. The number of thioether (sulfide) groups is 1. The zero-order valence-electron chi connectivity index (χ0n) is 10.0. The van der Waals surface area contributed by atoms with Gasteiger partial charge in [-0.05, 0) is 18.2 Å². The lowest BCUT2D eigenvalue weighted by Gasteiger charge is -2.05. The van der Waals surface area contributed by atoms with Crippen molar-refractivity contribution in [2.75, 3.05) is 16.8 Å². The highest BCUT2D eigenvalue weighted by atomic mass is 79.9. The highest BCUT2D eigenvalue weighted by Crippen LogP contribution is 2.28. The molecule has 19 heavy (non-hydrogen) atoms. The number of halogens is 1. The van der Waals surface area contributed by atoms with E-state index < -0.39 is 0 Å². The second-order valence-corrected chi connectivity index (χ2v) is 5.58. The van der Waals surface area contributed by atoms with Gasteiger partial charge in [0.25, 0.3) is 0 Å². The number of hydrogen-bond acceptors (Lipinski definition) is 6. The zero-order valence-corrected chi connectivity index (χ0v) is 12.4. The van der Waals surface area contributed by atoms with Gasteiger partial charge in [-0.1, -0.05) is 21.0 Å². The van der Waals surface area contributed by atoms with E-state index in [1.807, 2.05) is 12.1 Å². The van der Waals surface area contributed by atoms with E-state index in [0.29, 0.717) is 11.6 Å². The predicted molar refractivity (Wildman–Crippen MR) is 76.9 cm³/mol. The van der Waals surface area contributed by atoms with Crippen molar-refractivity contribution in [1.82, 2.24) is 10.2 Å². The third-order valence-electron chi connectivity index (χ3n) is 2.11. The molecule has 0 saturated heterocycles. The molecule has 3 N–H and O–H groups in total. The minimum Gasteiger partial charge on any atom is -0.408 e. The van der Waals surface area contributed by atoms with Crippen LogP contribution in [0.15, 0.2) is 32.0 Å². The molecule has 0 spiro atoms. The van der Waals surface area contributed by atoms with E-state index in [1.54, 1.807) is 13.0 Å². The van der Waals surface area contributed by atoms with Crippen molar-refractivity contribution in [3.63, 3.8) is 0 Å². The smallest absolute Gasteiger partial charge is 0.322 e. The average molecular weight is 343 g/mol. The van der Waals surface area contributed by atoms with Crippen molar-refractivity contribution in [3.05, 3.63) is 28.6 Å². The van der Waals surface area contributed by atoms with Gasteiger partial charge in [-0.25, -0.2) is 0 Å². The van der Waals surface area contributed by atoms with E-state index >= 15 is 0 Å². The fourth-order valence-electron chi connectivity index (χ4n) is 1.28. The summed E-state index contributed by atoms with van der Waals surface area (Å²) in [5, 5.41) is 9.82. The highest BCUT2D eigenvalue weighted by Gasteiger charge is 2.09. The summed E-state index contributed by atoms with van der Waals surface area (Å²) in [6, 6.07) is 5.60. The number of hydrogen-bond donors (Lipinski definition) is 2. The molecule has 8 heteroatoms. The molecule has 2 rings (SSSR count). The summed E-state index contributed by atoms with van der Waals surface area (Å²) in [6.45, 7) is 1.65. The highest BCUT2D eigenvalue weighted by molar-refractivity contribution is 9.10. The van der Waals surface area contributed by atoms with Crippen LogP contribution in [-0.2, 0) is 4.79 Å². The summed E-state index contributed by atoms with van der Waals surface area (Å²) >= 11 is 4.70. The topological polar surface area (TPSA) is 94.0 Å². The molecule has 6 nitrogen and oxygen atoms in total. The van der Waals surface area contributed by atoms with Crippen molar-refractivity contribution < 1.29 is 9.21 Å². The van der Waals surface area contributed by atoms with Crippen LogP contribution in [0, 0.1) is 6.92 Å². The minimum absolute atomic E-state index is 0.102. The van der Waals surface area contributed by atoms with E-state index in [9.17, 15) is 4.79 Å². The number of nitrogens with two attached hydrogens (primary N) is 1. The lowest BCUT2D eigenvalue weighted by molar-refractivity contribution is -0.113. The van der Waals surface area contributed by atoms with E-state index in [4.69, 9.17) is 10.2 Å². The van der Waals surface area contributed by atoms with Crippen LogP contribution in [-0.4, -0.2) is 21.9 Å². The van der Waals surface area contributed by atoms with Gasteiger partial charge in [0.05, 0.1) is 5.75 Å². The van der Waals surface area contributed by atoms with Gasteiger partial charge in [0.15, 0.2) is 0 Å².